The largest absolute Gasteiger partial charge is 0.457 e. The smallest absolute Gasteiger partial charge is 0.264 e. The third kappa shape index (κ3) is 4.25. The molecule has 1 aliphatic rings. The fourth-order valence-corrected chi connectivity index (χ4v) is 4.17. The monoisotopic (exact) mass is 396 g/mol. The van der Waals surface area contributed by atoms with Gasteiger partial charge in [0.25, 0.3) is 5.91 Å². The lowest BCUT2D eigenvalue weighted by Gasteiger charge is -2.32. The summed E-state index contributed by atoms with van der Waals surface area (Å²) in [5.41, 5.74) is 1.46. The Morgan fingerprint density at radius 1 is 1.15 bits per heavy atom. The number of ether oxygens (including phenoxy) is 2. The maximum absolute atomic E-state index is 12.9. The molecule has 0 saturated carbocycles. The normalized spacial score (nSPS) is 18.1. The van der Waals surface area contributed by atoms with E-state index in [0.29, 0.717) is 11.5 Å². The van der Waals surface area contributed by atoms with E-state index in [1.54, 1.807) is 0 Å². The van der Waals surface area contributed by atoms with Crippen molar-refractivity contribution in [3.8, 4) is 11.5 Å². The van der Waals surface area contributed by atoms with Crippen LogP contribution in [0.4, 0.5) is 4.39 Å². The highest BCUT2D eigenvalue weighted by Crippen LogP contribution is 2.26. The van der Waals surface area contributed by atoms with Gasteiger partial charge >= 0.3 is 0 Å². The van der Waals surface area contributed by atoms with Crippen LogP contribution in [0.5, 0.6) is 11.5 Å². The highest BCUT2D eigenvalue weighted by Gasteiger charge is 2.38. The third-order valence-corrected chi connectivity index (χ3v) is 5.89. The Labute approximate surface area is 155 Å². The summed E-state index contributed by atoms with van der Waals surface area (Å²) in [5.74, 6) is -0.489. The highest BCUT2D eigenvalue weighted by atomic mass is 32.2. The number of halogens is 1. The van der Waals surface area contributed by atoms with Crippen LogP contribution in [0.3, 0.4) is 0 Å². The van der Waals surface area contributed by atoms with Crippen molar-refractivity contribution < 1.29 is 32.3 Å². The first-order valence-corrected chi connectivity index (χ1v) is 9.43. The van der Waals surface area contributed by atoms with Crippen molar-refractivity contribution in [2.24, 2.45) is 0 Å². The maximum atomic E-state index is 12.9. The minimum Gasteiger partial charge on any atom is -0.457 e. The number of hydroxylamine groups is 1. The molecule has 0 radical (unpaired) electrons. The second-order valence-corrected chi connectivity index (χ2v) is 7.60. The fraction of sp³-hybridized carbons (Fsp3) is 0.235. The van der Waals surface area contributed by atoms with Gasteiger partial charge in [-0.15, -0.1) is 0 Å². The van der Waals surface area contributed by atoms with Crippen LogP contribution in [0.2, 0.25) is 0 Å². The van der Waals surface area contributed by atoms with Crippen LogP contribution in [0.15, 0.2) is 53.4 Å². The van der Waals surface area contributed by atoms with Crippen LogP contribution in [0.1, 0.15) is 0 Å². The molecule has 10 heteroatoms. The van der Waals surface area contributed by atoms with E-state index in [0.717, 1.165) is 4.31 Å². The summed E-state index contributed by atoms with van der Waals surface area (Å²) in [5, 5.41) is 8.82. The minimum absolute atomic E-state index is 0.0196. The van der Waals surface area contributed by atoms with Crippen molar-refractivity contribution in [2.75, 3.05) is 19.8 Å². The number of nitrogens with one attached hydrogen (secondary N) is 1. The zero-order valence-electron chi connectivity index (χ0n) is 14.0. The van der Waals surface area contributed by atoms with Crippen LogP contribution < -0.4 is 10.2 Å². The first-order valence-electron chi connectivity index (χ1n) is 7.99. The zero-order chi connectivity index (χ0) is 19.4. The van der Waals surface area contributed by atoms with Gasteiger partial charge < -0.3 is 9.47 Å². The Bertz CT molecular complexity index is 902. The second-order valence-electron chi connectivity index (χ2n) is 5.71. The van der Waals surface area contributed by atoms with Gasteiger partial charge in [0.1, 0.15) is 23.4 Å². The molecule has 1 fully saturated rings. The summed E-state index contributed by atoms with van der Waals surface area (Å²) in [6.07, 6.45) is 0. The van der Waals surface area contributed by atoms with Crippen molar-refractivity contribution in [3.63, 3.8) is 0 Å². The number of benzene rings is 2. The molecule has 27 heavy (non-hydrogen) atoms. The number of morpholine rings is 1. The number of sulfonamides is 1. The van der Waals surface area contributed by atoms with E-state index in [9.17, 15) is 17.6 Å². The molecule has 0 spiro atoms. The van der Waals surface area contributed by atoms with Gasteiger partial charge in [-0.05, 0) is 48.5 Å². The molecular weight excluding hydrogens is 379 g/mol. The van der Waals surface area contributed by atoms with E-state index in [1.807, 2.05) is 0 Å². The lowest BCUT2D eigenvalue weighted by Crippen LogP contribution is -2.55. The molecule has 1 heterocycles. The minimum atomic E-state index is -3.99. The number of hydrogen-bond donors (Lipinski definition) is 2. The molecule has 0 bridgehead atoms. The molecule has 2 N–H and O–H groups in total. The number of carbonyl (C=O) groups excluding carboxylic acids is 1. The van der Waals surface area contributed by atoms with Gasteiger partial charge in [0.15, 0.2) is 0 Å². The Hall–Kier alpha value is -2.53. The van der Waals surface area contributed by atoms with Crippen LogP contribution >= 0.6 is 0 Å². The molecule has 8 nitrogen and oxygen atoms in total. The lowest BCUT2D eigenvalue weighted by molar-refractivity contribution is -0.137. The molecule has 1 atom stereocenters. The maximum Gasteiger partial charge on any atom is 0.264 e. The predicted molar refractivity (Wildman–Crippen MR) is 91.3 cm³/mol. The van der Waals surface area contributed by atoms with Crippen LogP contribution in [-0.2, 0) is 19.6 Å². The molecule has 1 saturated heterocycles. The number of hydrogen-bond acceptors (Lipinski definition) is 6. The highest BCUT2D eigenvalue weighted by molar-refractivity contribution is 7.89. The van der Waals surface area contributed by atoms with E-state index >= 15 is 0 Å². The Balaban J connectivity index is 1.80. The number of rotatable bonds is 5. The molecule has 0 aromatic heterocycles. The summed E-state index contributed by atoms with van der Waals surface area (Å²) in [4.78, 5) is 11.7. The fourth-order valence-electron chi connectivity index (χ4n) is 2.61. The van der Waals surface area contributed by atoms with Gasteiger partial charge in [-0.3, -0.25) is 10.0 Å². The van der Waals surface area contributed by atoms with Gasteiger partial charge in [0.2, 0.25) is 10.0 Å². The van der Waals surface area contributed by atoms with Gasteiger partial charge in [-0.25, -0.2) is 18.3 Å². The summed E-state index contributed by atoms with van der Waals surface area (Å²) >= 11 is 0. The van der Waals surface area contributed by atoms with E-state index in [-0.39, 0.29) is 24.7 Å². The van der Waals surface area contributed by atoms with Gasteiger partial charge in [-0.2, -0.15) is 4.31 Å². The van der Waals surface area contributed by atoms with Crippen molar-refractivity contribution >= 4 is 15.9 Å². The SMILES string of the molecule is O=C(NO)C1COCCN1S(=O)(=O)c1ccc(Oc2ccc(F)cc2)cc1. The predicted octanol–water partition coefficient (Wildman–Crippen LogP) is 1.51. The molecule has 1 unspecified atom stereocenters. The zero-order valence-corrected chi connectivity index (χ0v) is 14.9. The summed E-state index contributed by atoms with van der Waals surface area (Å²) in [7, 11) is -3.99. The van der Waals surface area contributed by atoms with E-state index in [4.69, 9.17) is 14.7 Å². The van der Waals surface area contributed by atoms with E-state index in [1.165, 1.54) is 54.0 Å². The molecular formula is C17H17FN2O6S. The van der Waals surface area contributed by atoms with Gasteiger partial charge in [0.05, 0.1) is 18.1 Å². The van der Waals surface area contributed by atoms with Crippen molar-refractivity contribution in [1.29, 1.82) is 0 Å². The van der Waals surface area contributed by atoms with E-state index in [2.05, 4.69) is 0 Å². The topological polar surface area (TPSA) is 105 Å². The molecule has 1 aliphatic heterocycles. The number of amides is 1. The lowest BCUT2D eigenvalue weighted by atomic mass is 10.3. The van der Waals surface area contributed by atoms with Crippen LogP contribution in [0, 0.1) is 5.82 Å². The van der Waals surface area contributed by atoms with Gasteiger partial charge in [0, 0.05) is 6.54 Å². The summed E-state index contributed by atoms with van der Waals surface area (Å²) in [6.45, 7) is -0.0359. The second kappa shape index (κ2) is 8.01. The average Bonchev–Trinajstić information content (AvgIpc) is 2.69. The van der Waals surface area contributed by atoms with Crippen LogP contribution in [0.25, 0.3) is 0 Å². The van der Waals surface area contributed by atoms with Crippen molar-refractivity contribution in [2.45, 2.75) is 10.9 Å². The van der Waals surface area contributed by atoms with Crippen LogP contribution in [-0.4, -0.2) is 49.6 Å². The molecule has 2 aromatic rings. The molecule has 3 rings (SSSR count). The third-order valence-electron chi connectivity index (χ3n) is 3.97. The first-order chi connectivity index (χ1) is 12.9. The molecule has 144 valence electrons. The number of nitrogens with zero attached hydrogens (tertiary/aromatic N) is 1. The van der Waals surface area contributed by atoms with Crippen molar-refractivity contribution in [3.05, 3.63) is 54.3 Å². The molecule has 1 amide bonds. The Morgan fingerprint density at radius 2 is 1.74 bits per heavy atom. The standard InChI is InChI=1S/C17H17FN2O6S/c18-12-1-3-13(4-2-12)26-14-5-7-15(8-6-14)27(23,24)20-9-10-25-11-16(20)17(21)19-22/h1-8,16,22H,9-11H2,(H,19,21). The quantitative estimate of drug-likeness (QED) is 0.586. The Morgan fingerprint density at radius 3 is 2.33 bits per heavy atom. The summed E-state index contributed by atoms with van der Waals surface area (Å²) < 4.78 is 50.3. The average molecular weight is 396 g/mol. The van der Waals surface area contributed by atoms with Gasteiger partial charge in [-0.1, -0.05) is 0 Å². The summed E-state index contributed by atoms with van der Waals surface area (Å²) in [6, 6.07) is 9.84. The van der Waals surface area contributed by atoms with E-state index < -0.39 is 27.8 Å². The first kappa shape index (κ1) is 19.2. The molecule has 2 aromatic carbocycles. The van der Waals surface area contributed by atoms with Crippen molar-refractivity contribution in [1.82, 2.24) is 9.79 Å². The number of carbonyl (C=O) groups is 1. The molecule has 0 aliphatic carbocycles. The Kier molecular flexibility index (Phi) is 5.71.